The summed E-state index contributed by atoms with van der Waals surface area (Å²) in [5, 5.41) is 8.85. The number of nitrogens with zero attached hydrogens (tertiary/aromatic N) is 4. The van der Waals surface area contributed by atoms with Gasteiger partial charge in [0.25, 0.3) is 0 Å². The molecule has 0 aliphatic carbocycles. The van der Waals surface area contributed by atoms with E-state index in [0.717, 1.165) is 41.3 Å². The Kier molecular flexibility index (Phi) is 4.85. The fraction of sp³-hybridized carbons (Fsp3) is 0.400. The van der Waals surface area contributed by atoms with Crippen molar-refractivity contribution in [2.24, 2.45) is 12.0 Å². The van der Waals surface area contributed by atoms with Gasteiger partial charge in [-0.05, 0) is 13.0 Å². The smallest absolute Gasteiger partial charge is 0.194 e. The minimum Gasteiger partial charge on any atom is -0.459 e. The number of aryl methyl sites for hydroxylation is 2. The molecule has 2 aromatic heterocycles. The van der Waals surface area contributed by atoms with Crippen molar-refractivity contribution in [3.63, 3.8) is 0 Å². The number of fused-ring (bicyclic) bond motifs is 1. The van der Waals surface area contributed by atoms with E-state index >= 15 is 0 Å². The number of hydrogen-bond donors (Lipinski definition) is 1. The maximum absolute atomic E-state index is 6.00. The Morgan fingerprint density at radius 2 is 2.22 bits per heavy atom. The van der Waals surface area contributed by atoms with Crippen LogP contribution in [0.5, 0.6) is 0 Å². The molecule has 0 amide bonds. The highest BCUT2D eigenvalue weighted by atomic mass is 16.5. The molecule has 0 spiro atoms. The van der Waals surface area contributed by atoms with E-state index in [2.05, 4.69) is 33.3 Å². The average Bonchev–Trinajstić information content (AvgIpc) is 3.27. The lowest BCUT2D eigenvalue weighted by atomic mass is 10.1. The summed E-state index contributed by atoms with van der Waals surface area (Å²) in [5.41, 5.74) is 3.18. The molecular formula is C20H25N5O2. The zero-order chi connectivity index (χ0) is 18.8. The summed E-state index contributed by atoms with van der Waals surface area (Å²) in [7, 11) is 3.72. The van der Waals surface area contributed by atoms with Crippen molar-refractivity contribution < 1.29 is 9.15 Å². The van der Waals surface area contributed by atoms with Gasteiger partial charge < -0.3 is 19.4 Å². The molecule has 1 saturated heterocycles. The van der Waals surface area contributed by atoms with Gasteiger partial charge in [0.05, 0.1) is 25.9 Å². The van der Waals surface area contributed by atoms with Gasteiger partial charge in [-0.1, -0.05) is 18.2 Å². The molecular weight excluding hydrogens is 342 g/mol. The molecule has 0 saturated carbocycles. The van der Waals surface area contributed by atoms with E-state index in [0.29, 0.717) is 13.2 Å². The second-order valence-corrected chi connectivity index (χ2v) is 6.80. The number of nitrogens with one attached hydrogen (secondary N) is 1. The highest BCUT2D eigenvalue weighted by Gasteiger charge is 2.25. The molecule has 0 radical (unpaired) electrons. The van der Waals surface area contributed by atoms with E-state index in [1.54, 1.807) is 4.68 Å². The summed E-state index contributed by atoms with van der Waals surface area (Å²) in [6, 6.07) is 8.12. The van der Waals surface area contributed by atoms with Gasteiger partial charge in [-0.15, -0.1) is 0 Å². The molecule has 7 nitrogen and oxygen atoms in total. The van der Waals surface area contributed by atoms with Gasteiger partial charge in [-0.2, -0.15) is 5.10 Å². The topological polar surface area (TPSA) is 67.8 Å². The van der Waals surface area contributed by atoms with E-state index in [4.69, 9.17) is 9.15 Å². The monoisotopic (exact) mass is 367 g/mol. The fourth-order valence-electron chi connectivity index (χ4n) is 3.53. The first kappa shape index (κ1) is 17.6. The number of morpholine rings is 1. The molecule has 1 unspecified atom stereocenters. The normalized spacial score (nSPS) is 18.3. The third kappa shape index (κ3) is 3.55. The van der Waals surface area contributed by atoms with Gasteiger partial charge in [0.2, 0.25) is 0 Å². The summed E-state index contributed by atoms with van der Waals surface area (Å²) >= 11 is 0. The van der Waals surface area contributed by atoms with Crippen LogP contribution >= 0.6 is 0 Å². The first-order valence-corrected chi connectivity index (χ1v) is 9.18. The van der Waals surface area contributed by atoms with Crippen molar-refractivity contribution in [2.45, 2.75) is 19.6 Å². The summed E-state index contributed by atoms with van der Waals surface area (Å²) in [6.07, 6.45) is 3.86. The van der Waals surface area contributed by atoms with E-state index in [1.807, 2.05) is 44.7 Å². The van der Waals surface area contributed by atoms with Crippen molar-refractivity contribution in [1.82, 2.24) is 20.0 Å². The number of hydrogen-bond acceptors (Lipinski definition) is 4. The van der Waals surface area contributed by atoms with Gasteiger partial charge in [-0.3, -0.25) is 9.67 Å². The molecule has 1 atom stereocenters. The van der Waals surface area contributed by atoms with E-state index in [1.165, 1.54) is 5.56 Å². The lowest BCUT2D eigenvalue weighted by Gasteiger charge is -2.34. The maximum atomic E-state index is 6.00. The summed E-state index contributed by atoms with van der Waals surface area (Å²) in [6.45, 7) is 4.89. The predicted octanol–water partition coefficient (Wildman–Crippen LogP) is 2.62. The molecule has 1 N–H and O–H groups in total. The van der Waals surface area contributed by atoms with Crippen LogP contribution in [0.15, 0.2) is 46.1 Å². The number of furan rings is 1. The Hall–Kier alpha value is -2.80. The van der Waals surface area contributed by atoms with Gasteiger partial charge in [0.15, 0.2) is 5.96 Å². The zero-order valence-electron chi connectivity index (χ0n) is 16.0. The highest BCUT2D eigenvalue weighted by Crippen LogP contribution is 2.25. The van der Waals surface area contributed by atoms with Crippen LogP contribution in [-0.2, 0) is 18.3 Å². The number of ether oxygens (including phenoxy) is 1. The Morgan fingerprint density at radius 3 is 2.96 bits per heavy atom. The Labute approximate surface area is 158 Å². The number of para-hydroxylation sites is 1. The number of benzene rings is 1. The molecule has 4 rings (SSSR count). The van der Waals surface area contributed by atoms with Gasteiger partial charge in [0, 0.05) is 43.4 Å². The van der Waals surface area contributed by atoms with Crippen molar-refractivity contribution in [2.75, 3.05) is 26.7 Å². The molecule has 1 aromatic carbocycles. The largest absolute Gasteiger partial charge is 0.459 e. The second-order valence-electron chi connectivity index (χ2n) is 6.80. The van der Waals surface area contributed by atoms with Crippen LogP contribution in [0.3, 0.4) is 0 Å². The lowest BCUT2D eigenvalue weighted by molar-refractivity contribution is -0.00807. The Morgan fingerprint density at radius 1 is 1.37 bits per heavy atom. The van der Waals surface area contributed by atoms with E-state index < -0.39 is 0 Å². The van der Waals surface area contributed by atoms with Crippen LogP contribution in [0.2, 0.25) is 0 Å². The van der Waals surface area contributed by atoms with Gasteiger partial charge in [-0.25, -0.2) is 0 Å². The van der Waals surface area contributed by atoms with Gasteiger partial charge >= 0.3 is 0 Å². The van der Waals surface area contributed by atoms with Crippen LogP contribution in [0.25, 0.3) is 11.0 Å². The quantitative estimate of drug-likeness (QED) is 0.569. The number of aliphatic imine (C=N–C) groups is 1. The number of aromatic nitrogens is 2. The summed E-state index contributed by atoms with van der Waals surface area (Å²) in [5.74, 6) is 1.79. The van der Waals surface area contributed by atoms with E-state index in [9.17, 15) is 0 Å². The van der Waals surface area contributed by atoms with Crippen LogP contribution in [0, 0.1) is 6.92 Å². The van der Waals surface area contributed by atoms with Crippen LogP contribution in [0.1, 0.15) is 23.0 Å². The van der Waals surface area contributed by atoms with Crippen molar-refractivity contribution in [3.05, 3.63) is 53.5 Å². The summed E-state index contributed by atoms with van der Waals surface area (Å²) in [4.78, 5) is 6.68. The minimum absolute atomic E-state index is 0.000984. The average molecular weight is 367 g/mol. The SMILES string of the molecule is CN=C(NCc1oc2ccccc2c1C)N1CCOC(c2cnn(C)c2)C1. The highest BCUT2D eigenvalue weighted by molar-refractivity contribution is 5.83. The first-order chi connectivity index (χ1) is 13.2. The molecule has 7 heteroatoms. The van der Waals surface area contributed by atoms with Crippen molar-refractivity contribution >= 4 is 16.9 Å². The number of guanidine groups is 1. The standard InChI is InChI=1S/C20H25N5O2/c1-14-16-6-4-5-7-17(16)27-18(14)11-22-20(21-2)25-8-9-26-19(13-25)15-10-23-24(3)12-15/h4-7,10,12,19H,8-9,11,13H2,1-3H3,(H,21,22). The molecule has 3 aromatic rings. The molecule has 1 aliphatic heterocycles. The molecule has 3 heterocycles. The summed E-state index contributed by atoms with van der Waals surface area (Å²) < 4.78 is 13.7. The van der Waals surface area contributed by atoms with Crippen molar-refractivity contribution in [1.29, 1.82) is 0 Å². The Bertz CT molecular complexity index is 958. The third-order valence-corrected chi connectivity index (χ3v) is 5.02. The van der Waals surface area contributed by atoms with E-state index in [-0.39, 0.29) is 6.10 Å². The maximum Gasteiger partial charge on any atom is 0.194 e. The van der Waals surface area contributed by atoms with Gasteiger partial charge in [0.1, 0.15) is 17.4 Å². The lowest BCUT2D eigenvalue weighted by Crippen LogP contribution is -2.47. The molecule has 1 fully saturated rings. The van der Waals surface area contributed by atoms with Crippen LogP contribution in [-0.4, -0.2) is 47.4 Å². The van der Waals surface area contributed by atoms with Crippen LogP contribution < -0.4 is 5.32 Å². The zero-order valence-corrected chi connectivity index (χ0v) is 16.0. The van der Waals surface area contributed by atoms with Crippen molar-refractivity contribution in [3.8, 4) is 0 Å². The fourth-order valence-corrected chi connectivity index (χ4v) is 3.53. The molecule has 1 aliphatic rings. The third-order valence-electron chi connectivity index (χ3n) is 5.02. The minimum atomic E-state index is -0.000984. The molecule has 142 valence electrons. The second kappa shape index (κ2) is 7.44. The Balaban J connectivity index is 1.44. The molecule has 27 heavy (non-hydrogen) atoms. The predicted molar refractivity (Wildman–Crippen MR) is 105 cm³/mol. The number of rotatable bonds is 3. The molecule has 0 bridgehead atoms. The van der Waals surface area contributed by atoms with Crippen LogP contribution in [0.4, 0.5) is 0 Å². The first-order valence-electron chi connectivity index (χ1n) is 9.18.